The molecule has 6 nitrogen and oxygen atoms in total. The van der Waals surface area contributed by atoms with Gasteiger partial charge in [0.05, 0.1) is 37.6 Å². The van der Waals surface area contributed by atoms with Crippen molar-refractivity contribution in [3.8, 4) is 0 Å². The van der Waals surface area contributed by atoms with E-state index in [0.29, 0.717) is 0 Å². The Morgan fingerprint density at radius 1 is 0.643 bits per heavy atom. The highest BCUT2D eigenvalue weighted by Gasteiger charge is 2.19. The molecule has 0 bridgehead atoms. The van der Waals surface area contributed by atoms with Gasteiger partial charge in [-0.2, -0.15) is 0 Å². The Kier molecular flexibility index (Phi) is 55.0. The minimum Gasteiger partial charge on any atom is -0.394 e. The van der Waals surface area contributed by atoms with Gasteiger partial charge in [0.15, 0.2) is 0 Å². The largest absolute Gasteiger partial charge is 0.394 e. The molecular weight excluding hydrogens is 360 g/mol. The van der Waals surface area contributed by atoms with Crippen LogP contribution in [0.4, 0.5) is 0 Å². The molecule has 0 aromatic carbocycles. The van der Waals surface area contributed by atoms with Gasteiger partial charge in [0, 0.05) is 13.2 Å². The highest BCUT2D eigenvalue weighted by Crippen LogP contribution is 2.17. The van der Waals surface area contributed by atoms with Gasteiger partial charge < -0.3 is 29.9 Å². The molecule has 0 heterocycles. The minimum atomic E-state index is -0.125. The van der Waals surface area contributed by atoms with Gasteiger partial charge in [-0.15, -0.1) is 13.2 Å². The second kappa shape index (κ2) is 37.1. The fourth-order valence-electron chi connectivity index (χ4n) is 1.12. The van der Waals surface area contributed by atoms with E-state index in [4.69, 9.17) is 29.9 Å². The summed E-state index contributed by atoms with van der Waals surface area (Å²) in [6.07, 6.45) is 3.50. The molecule has 0 radical (unpaired) electrons. The summed E-state index contributed by atoms with van der Waals surface area (Å²) in [4.78, 5) is 0. The number of aliphatic hydroxyl groups is 4. The number of hydrogen-bond acceptors (Lipinski definition) is 6. The molecule has 0 unspecified atom stereocenters. The molecule has 0 aliphatic heterocycles. The lowest BCUT2D eigenvalue weighted by Crippen LogP contribution is -2.31. The predicted molar refractivity (Wildman–Crippen MR) is 123 cm³/mol. The molecule has 0 aliphatic rings. The van der Waals surface area contributed by atoms with Crippen LogP contribution >= 0.6 is 0 Å². The van der Waals surface area contributed by atoms with Crippen LogP contribution in [0.1, 0.15) is 69.2 Å². The van der Waals surface area contributed by atoms with Crippen molar-refractivity contribution in [1.82, 2.24) is 0 Å². The highest BCUT2D eigenvalue weighted by molar-refractivity contribution is 4.68. The average Bonchev–Trinajstić information content (AvgIpc) is 2.55. The van der Waals surface area contributed by atoms with Gasteiger partial charge in [-0.1, -0.05) is 12.2 Å². The summed E-state index contributed by atoms with van der Waals surface area (Å²) in [7, 11) is 0. The Morgan fingerprint density at radius 3 is 0.821 bits per heavy atom. The first-order valence-electron chi connectivity index (χ1n) is 9.64. The lowest BCUT2D eigenvalue weighted by molar-refractivity contribution is -0.102. The maximum atomic E-state index is 7.62. The molecule has 0 saturated carbocycles. The second-order valence-electron chi connectivity index (χ2n) is 6.82. The van der Waals surface area contributed by atoms with Crippen LogP contribution in [0, 0.1) is 0 Å². The van der Waals surface area contributed by atoms with Crippen molar-refractivity contribution >= 4 is 0 Å². The van der Waals surface area contributed by atoms with Gasteiger partial charge in [-0.25, -0.2) is 0 Å². The fraction of sp³-hybridized carbons (Fsp3) is 0.818. The standard InChI is InChI=1S/C8H18O.C4H10O.2C3H6.2C2H6O2/c1-7(2,3)9-8(4,5)6;1-3-5-4-2;2*1-3-2;2*3-1-2-4/h1-6H3;3-4H2,1-2H3;2*3H,1H2,2H3;2*3-4H,1-2H2. The number of allylic oxidation sites excluding steroid dienone is 2. The predicted octanol–water partition coefficient (Wildman–Crippen LogP) is 3.97. The summed E-state index contributed by atoms with van der Waals surface area (Å²) in [6.45, 7) is 28.1. The van der Waals surface area contributed by atoms with E-state index in [0.717, 1.165) is 13.2 Å². The van der Waals surface area contributed by atoms with E-state index in [1.165, 1.54) is 0 Å². The van der Waals surface area contributed by atoms with Crippen molar-refractivity contribution in [2.24, 2.45) is 0 Å². The highest BCUT2D eigenvalue weighted by atomic mass is 16.5. The SMILES string of the molecule is C=CC.C=CC.CC(C)(C)OC(C)(C)C.CCOCC.OCCO.OCCO. The molecule has 0 aromatic rings. The molecule has 4 N–H and O–H groups in total. The summed E-state index contributed by atoms with van der Waals surface area (Å²) in [6, 6.07) is 0. The van der Waals surface area contributed by atoms with Crippen LogP contribution in [-0.4, -0.2) is 71.3 Å². The molecule has 28 heavy (non-hydrogen) atoms. The summed E-state index contributed by atoms with van der Waals surface area (Å²) < 4.78 is 10.5. The van der Waals surface area contributed by atoms with E-state index in [1.807, 2.05) is 27.7 Å². The van der Waals surface area contributed by atoms with E-state index < -0.39 is 0 Å². The third kappa shape index (κ3) is 174. The van der Waals surface area contributed by atoms with Gasteiger partial charge in [0.25, 0.3) is 0 Å². The van der Waals surface area contributed by atoms with Crippen LogP contribution < -0.4 is 0 Å². The Morgan fingerprint density at radius 2 is 0.821 bits per heavy atom. The molecule has 0 saturated heterocycles. The van der Waals surface area contributed by atoms with Crippen molar-refractivity contribution in [3.05, 3.63) is 25.3 Å². The molecule has 176 valence electrons. The molecule has 0 rings (SSSR count). The number of aliphatic hydroxyl groups excluding tert-OH is 4. The van der Waals surface area contributed by atoms with Crippen LogP contribution in [0.5, 0.6) is 0 Å². The fourth-order valence-corrected chi connectivity index (χ4v) is 1.12. The quantitative estimate of drug-likeness (QED) is 0.522. The summed E-state index contributed by atoms with van der Waals surface area (Å²) >= 11 is 0. The Balaban J connectivity index is -0.0000000553. The summed E-state index contributed by atoms with van der Waals surface area (Å²) in [5.41, 5.74) is -0.0312. The monoisotopic (exact) mass is 412 g/mol. The van der Waals surface area contributed by atoms with Gasteiger partial charge in [-0.3, -0.25) is 0 Å². The zero-order valence-corrected chi connectivity index (χ0v) is 20.4. The van der Waals surface area contributed by atoms with E-state index >= 15 is 0 Å². The van der Waals surface area contributed by atoms with Crippen molar-refractivity contribution in [3.63, 3.8) is 0 Å². The van der Waals surface area contributed by atoms with Crippen LogP contribution in [0.15, 0.2) is 25.3 Å². The number of ether oxygens (including phenoxy) is 2. The Hall–Kier alpha value is -0.760. The van der Waals surface area contributed by atoms with Crippen molar-refractivity contribution in [2.75, 3.05) is 39.6 Å². The lowest BCUT2D eigenvalue weighted by atomic mass is 10.1. The smallest absolute Gasteiger partial charge is 0.0662 e. The zero-order chi connectivity index (χ0) is 24.1. The third-order valence-corrected chi connectivity index (χ3v) is 1.22. The number of rotatable bonds is 4. The van der Waals surface area contributed by atoms with E-state index in [2.05, 4.69) is 54.7 Å². The first-order chi connectivity index (χ1) is 12.8. The van der Waals surface area contributed by atoms with Crippen molar-refractivity contribution in [2.45, 2.75) is 80.4 Å². The minimum absolute atomic E-state index is 0.0156. The van der Waals surface area contributed by atoms with E-state index in [1.54, 1.807) is 12.2 Å². The average molecular weight is 413 g/mol. The molecule has 0 aliphatic carbocycles. The van der Waals surface area contributed by atoms with Crippen molar-refractivity contribution in [1.29, 1.82) is 0 Å². The molecule has 6 heteroatoms. The van der Waals surface area contributed by atoms with Gasteiger partial charge in [0.2, 0.25) is 0 Å². The molecule has 0 atom stereocenters. The van der Waals surface area contributed by atoms with E-state index in [-0.39, 0.29) is 37.6 Å². The Bertz CT molecular complexity index is 214. The Labute approximate surface area is 175 Å². The second-order valence-corrected chi connectivity index (χ2v) is 6.82. The van der Waals surface area contributed by atoms with Crippen LogP contribution in [0.25, 0.3) is 0 Å². The molecular formula is C22H52O6. The maximum absolute atomic E-state index is 7.62. The van der Waals surface area contributed by atoms with Crippen LogP contribution in [0.2, 0.25) is 0 Å². The van der Waals surface area contributed by atoms with E-state index in [9.17, 15) is 0 Å². The molecule has 0 fully saturated rings. The summed E-state index contributed by atoms with van der Waals surface area (Å²) in [5, 5.41) is 30.5. The number of hydrogen-bond donors (Lipinski definition) is 4. The van der Waals surface area contributed by atoms with Crippen molar-refractivity contribution < 1.29 is 29.9 Å². The third-order valence-electron chi connectivity index (χ3n) is 1.22. The first-order valence-corrected chi connectivity index (χ1v) is 9.64. The molecule has 0 amide bonds. The van der Waals surface area contributed by atoms with Gasteiger partial charge >= 0.3 is 0 Å². The summed E-state index contributed by atoms with van der Waals surface area (Å²) in [5.74, 6) is 0. The zero-order valence-electron chi connectivity index (χ0n) is 20.4. The maximum Gasteiger partial charge on any atom is 0.0662 e. The molecule has 0 aromatic heterocycles. The van der Waals surface area contributed by atoms with Gasteiger partial charge in [0.1, 0.15) is 0 Å². The first kappa shape index (κ1) is 41.6. The van der Waals surface area contributed by atoms with Gasteiger partial charge in [-0.05, 0) is 69.2 Å². The topological polar surface area (TPSA) is 99.4 Å². The normalized spacial score (nSPS) is 9.07. The molecule has 0 spiro atoms. The van der Waals surface area contributed by atoms with Crippen LogP contribution in [-0.2, 0) is 9.47 Å². The lowest BCUT2D eigenvalue weighted by Gasteiger charge is -2.30. The van der Waals surface area contributed by atoms with Crippen LogP contribution in [0.3, 0.4) is 0 Å².